The zero-order chi connectivity index (χ0) is 18.8. The number of hydrogen-bond acceptors (Lipinski definition) is 3. The van der Waals surface area contributed by atoms with Gasteiger partial charge < -0.3 is 14.2 Å². The van der Waals surface area contributed by atoms with Gasteiger partial charge in [0.25, 0.3) is 5.91 Å². The smallest absolute Gasteiger partial charge is 0.263 e. The molecule has 2 aromatic rings. The molecule has 0 spiro atoms. The van der Waals surface area contributed by atoms with Gasteiger partial charge in [-0.15, -0.1) is 0 Å². The van der Waals surface area contributed by atoms with E-state index in [4.69, 9.17) is 9.72 Å². The van der Waals surface area contributed by atoms with Crippen molar-refractivity contribution in [2.75, 3.05) is 13.1 Å². The maximum Gasteiger partial charge on any atom is 0.263 e. The van der Waals surface area contributed by atoms with Gasteiger partial charge in [0, 0.05) is 41.9 Å². The van der Waals surface area contributed by atoms with Crippen LogP contribution in [0.1, 0.15) is 50.0 Å². The molecule has 4 rings (SSSR count). The van der Waals surface area contributed by atoms with E-state index in [0.717, 1.165) is 49.1 Å². The third-order valence-corrected chi connectivity index (χ3v) is 6.13. The van der Waals surface area contributed by atoms with E-state index in [1.807, 2.05) is 42.3 Å². The van der Waals surface area contributed by atoms with E-state index < -0.39 is 6.10 Å². The van der Waals surface area contributed by atoms with E-state index in [-0.39, 0.29) is 5.91 Å². The number of benzene rings is 1. The molecule has 27 heavy (non-hydrogen) atoms. The van der Waals surface area contributed by atoms with E-state index in [9.17, 15) is 4.79 Å². The second kappa shape index (κ2) is 8.05. The van der Waals surface area contributed by atoms with Gasteiger partial charge in [-0.3, -0.25) is 4.79 Å². The average molecular weight is 432 g/mol. The lowest BCUT2D eigenvalue weighted by Crippen LogP contribution is -2.45. The molecular weight excluding hydrogens is 406 g/mol. The third kappa shape index (κ3) is 4.05. The summed E-state index contributed by atoms with van der Waals surface area (Å²) in [5.74, 6) is 2.28. The fourth-order valence-electron chi connectivity index (χ4n) is 4.20. The number of piperidine rings is 1. The number of imidazole rings is 1. The predicted molar refractivity (Wildman–Crippen MR) is 108 cm³/mol. The number of aromatic nitrogens is 2. The number of carbonyl (C=O) groups is 1. The Morgan fingerprint density at radius 2 is 2.04 bits per heavy atom. The molecule has 5 nitrogen and oxygen atoms in total. The number of hydrogen-bond donors (Lipinski definition) is 0. The summed E-state index contributed by atoms with van der Waals surface area (Å²) in [5.41, 5.74) is 1.35. The van der Waals surface area contributed by atoms with Crippen LogP contribution in [-0.2, 0) is 17.8 Å². The minimum Gasteiger partial charge on any atom is -0.481 e. The maximum atomic E-state index is 12.9. The van der Waals surface area contributed by atoms with Crippen LogP contribution in [0.3, 0.4) is 0 Å². The Bertz CT molecular complexity index is 802. The van der Waals surface area contributed by atoms with Gasteiger partial charge in [0.15, 0.2) is 6.10 Å². The molecule has 1 fully saturated rings. The summed E-state index contributed by atoms with van der Waals surface area (Å²) >= 11 is 3.42. The quantitative estimate of drug-likeness (QED) is 0.729. The van der Waals surface area contributed by atoms with E-state index in [1.165, 1.54) is 24.4 Å². The van der Waals surface area contributed by atoms with E-state index in [0.29, 0.717) is 5.92 Å². The van der Waals surface area contributed by atoms with Crippen LogP contribution < -0.4 is 4.74 Å². The van der Waals surface area contributed by atoms with Crippen molar-refractivity contribution >= 4 is 21.8 Å². The van der Waals surface area contributed by atoms with Crippen molar-refractivity contribution in [3.8, 4) is 5.75 Å². The molecule has 1 saturated heterocycles. The number of amides is 1. The maximum absolute atomic E-state index is 12.9. The van der Waals surface area contributed by atoms with Gasteiger partial charge in [0.1, 0.15) is 11.6 Å². The van der Waals surface area contributed by atoms with Crippen LogP contribution in [0.4, 0.5) is 0 Å². The monoisotopic (exact) mass is 431 g/mol. The molecule has 0 saturated carbocycles. The number of rotatable bonds is 4. The summed E-state index contributed by atoms with van der Waals surface area (Å²) in [6.07, 6.45) is 7.27. The average Bonchev–Trinajstić information content (AvgIpc) is 3.13. The highest BCUT2D eigenvalue weighted by Crippen LogP contribution is 2.29. The van der Waals surface area contributed by atoms with Gasteiger partial charge >= 0.3 is 0 Å². The highest BCUT2D eigenvalue weighted by atomic mass is 79.9. The van der Waals surface area contributed by atoms with Crippen molar-refractivity contribution < 1.29 is 9.53 Å². The molecule has 2 atom stereocenters. The first-order valence-corrected chi connectivity index (χ1v) is 10.7. The van der Waals surface area contributed by atoms with Crippen LogP contribution in [0, 0.1) is 0 Å². The van der Waals surface area contributed by atoms with Crippen molar-refractivity contribution in [1.82, 2.24) is 14.5 Å². The number of carbonyl (C=O) groups excluding carboxylic acids is 1. The molecule has 0 bridgehead atoms. The summed E-state index contributed by atoms with van der Waals surface area (Å²) in [6.45, 7) is 4.45. The molecule has 1 aromatic heterocycles. The third-order valence-electron chi connectivity index (χ3n) is 5.61. The van der Waals surface area contributed by atoms with Crippen molar-refractivity contribution in [1.29, 1.82) is 0 Å². The van der Waals surface area contributed by atoms with Crippen LogP contribution in [0.2, 0.25) is 0 Å². The minimum absolute atomic E-state index is 0.0630. The summed E-state index contributed by atoms with van der Waals surface area (Å²) in [4.78, 5) is 19.6. The number of likely N-dealkylation sites (tertiary alicyclic amines) is 1. The lowest BCUT2D eigenvalue weighted by Gasteiger charge is -2.34. The van der Waals surface area contributed by atoms with Crippen molar-refractivity contribution in [3.63, 3.8) is 0 Å². The molecule has 1 amide bonds. The van der Waals surface area contributed by atoms with E-state index >= 15 is 0 Å². The first-order valence-electron chi connectivity index (χ1n) is 9.87. The Labute approximate surface area is 168 Å². The predicted octanol–water partition coefficient (Wildman–Crippen LogP) is 4.16. The molecule has 2 aliphatic rings. The van der Waals surface area contributed by atoms with Crippen LogP contribution in [-0.4, -0.2) is 39.6 Å². The van der Waals surface area contributed by atoms with E-state index in [2.05, 4.69) is 20.5 Å². The van der Waals surface area contributed by atoms with Gasteiger partial charge in [-0.05, 0) is 63.3 Å². The van der Waals surface area contributed by atoms with Crippen LogP contribution in [0.25, 0.3) is 0 Å². The van der Waals surface area contributed by atoms with Crippen molar-refractivity contribution in [2.24, 2.45) is 0 Å². The molecule has 3 heterocycles. The summed E-state index contributed by atoms with van der Waals surface area (Å²) < 4.78 is 9.26. The molecule has 0 N–H and O–H groups in total. The standard InChI is InChI=1S/C21H26BrN3O2/c1-15(27-19-9-7-17(22)8-10-19)21(26)24-11-4-5-16(14-24)20-23-13-18-6-2-3-12-25(18)20/h7-10,13,15-16H,2-6,11-12,14H2,1H3/t15-,16+/m0/s1. The molecular formula is C21H26BrN3O2. The summed E-state index contributed by atoms with van der Waals surface area (Å²) in [6, 6.07) is 7.60. The number of aryl methyl sites for hydroxylation is 1. The van der Waals surface area contributed by atoms with Gasteiger partial charge in [0.2, 0.25) is 0 Å². The highest BCUT2D eigenvalue weighted by Gasteiger charge is 2.31. The number of fused-ring (bicyclic) bond motifs is 1. The van der Waals surface area contributed by atoms with E-state index in [1.54, 1.807) is 0 Å². The number of ether oxygens (including phenoxy) is 1. The SMILES string of the molecule is C[C@H](Oc1ccc(Br)cc1)C(=O)N1CCC[C@@H](c2ncc3n2CCCC3)C1. The van der Waals surface area contributed by atoms with Crippen molar-refractivity contribution in [2.45, 2.75) is 57.6 Å². The molecule has 144 valence electrons. The highest BCUT2D eigenvalue weighted by molar-refractivity contribution is 9.10. The fraction of sp³-hybridized carbons (Fsp3) is 0.524. The fourth-order valence-corrected chi connectivity index (χ4v) is 4.46. The Balaban J connectivity index is 1.42. The molecule has 6 heteroatoms. The molecule has 0 radical (unpaired) electrons. The first-order chi connectivity index (χ1) is 13.1. The molecule has 1 aromatic carbocycles. The van der Waals surface area contributed by atoms with Crippen LogP contribution in [0.15, 0.2) is 34.9 Å². The van der Waals surface area contributed by atoms with Crippen molar-refractivity contribution in [3.05, 3.63) is 46.5 Å². The van der Waals surface area contributed by atoms with Gasteiger partial charge in [-0.25, -0.2) is 4.98 Å². The van der Waals surface area contributed by atoms with Crippen LogP contribution >= 0.6 is 15.9 Å². The largest absolute Gasteiger partial charge is 0.481 e. The topological polar surface area (TPSA) is 47.4 Å². The summed E-state index contributed by atoms with van der Waals surface area (Å²) in [5, 5.41) is 0. The first kappa shape index (κ1) is 18.5. The Morgan fingerprint density at radius 3 is 2.85 bits per heavy atom. The number of nitrogens with zero attached hydrogens (tertiary/aromatic N) is 3. The Hall–Kier alpha value is -1.82. The minimum atomic E-state index is -0.487. The lowest BCUT2D eigenvalue weighted by atomic mass is 9.96. The normalized spacial score (nSPS) is 20.8. The molecule has 2 aliphatic heterocycles. The van der Waals surface area contributed by atoms with Gasteiger partial charge in [-0.2, -0.15) is 0 Å². The zero-order valence-corrected chi connectivity index (χ0v) is 17.3. The Morgan fingerprint density at radius 1 is 1.22 bits per heavy atom. The van der Waals surface area contributed by atoms with Crippen LogP contribution in [0.5, 0.6) is 5.75 Å². The second-order valence-corrected chi connectivity index (χ2v) is 8.47. The van der Waals surface area contributed by atoms with Gasteiger partial charge in [0.05, 0.1) is 0 Å². The zero-order valence-electron chi connectivity index (χ0n) is 15.7. The molecule has 0 unspecified atom stereocenters. The Kier molecular flexibility index (Phi) is 5.53. The molecule has 0 aliphatic carbocycles. The summed E-state index contributed by atoms with van der Waals surface area (Å²) in [7, 11) is 0. The van der Waals surface area contributed by atoms with Gasteiger partial charge in [-0.1, -0.05) is 15.9 Å². The lowest BCUT2D eigenvalue weighted by molar-refractivity contribution is -0.139. The second-order valence-electron chi connectivity index (χ2n) is 7.55. The number of halogens is 1.